The molecular formula is C78H82N32O4. The third-order valence-corrected chi connectivity index (χ3v) is 21.1. The standard InChI is InChI=1S/C20H20N8O.C20H22N8O.2C19H20N8O/c1-13-22-19-21-6-14(7-28(19)24-13)16-5-18(29)27-8-15(3-4-17(27)23-16)26-11-20(12-26)9-25(2)10-20;1-12-9-26(10-13(2)21-12)15-4-6-18-23-17(8-20(29)27(18)11-15)16-5-7-19-22-14(3)24-28(19)25-16;1-13-20-18-6-4-15(23-27(18)22-13)16-11-19(28)26-12-14(3-5-17(26)21-16)25-9-7-24(2)8-10-25;1-12-10-25(8-7-20-12)14-3-5-17-22-16(9-19(28)26(17)11-14)15-4-6-18-21-13(2)23-27(18)24-15/h3-8H,9-12H2,1-2H3;4-8,11-13,21H,9-10H2,1-3H3;3-6,11-12H,7-10H2,1-2H3;3-6,9,11-12,20H,7-8,10H2,1-2H3/t;12-,13+;;12-/m...1/s1. The van der Waals surface area contributed by atoms with Crippen molar-refractivity contribution in [3.8, 4) is 45.4 Å². The lowest BCUT2D eigenvalue weighted by molar-refractivity contribution is -0.00242. The fraction of sp³-hybridized carbons (Fsp3) is 0.333. The molecule has 36 nitrogen and oxygen atoms in total. The lowest BCUT2D eigenvalue weighted by Crippen LogP contribution is -2.71. The van der Waals surface area contributed by atoms with Crippen molar-refractivity contribution in [3.05, 3.63) is 211 Å². The number of hydrogen-bond donors (Lipinski definition) is 2. The number of pyridine rings is 4. The van der Waals surface area contributed by atoms with Crippen LogP contribution in [0.15, 0.2) is 166 Å². The fourth-order valence-corrected chi connectivity index (χ4v) is 15.8. The number of likely N-dealkylation sites (tertiary alicyclic amines) is 1. The summed E-state index contributed by atoms with van der Waals surface area (Å²) in [5, 5.41) is 37.2. The third-order valence-electron chi connectivity index (χ3n) is 21.1. The number of aryl methyl sites for hydroxylation is 4. The molecule has 16 aromatic heterocycles. The Morgan fingerprint density at radius 2 is 0.754 bits per heavy atom. The molecule has 0 aliphatic carbocycles. The van der Waals surface area contributed by atoms with Crippen LogP contribution in [0.5, 0.6) is 0 Å². The highest BCUT2D eigenvalue weighted by molar-refractivity contribution is 5.66. The topological polar surface area (TPSA) is 353 Å². The molecule has 0 unspecified atom stereocenters. The number of aromatic nitrogens is 24. The van der Waals surface area contributed by atoms with Crippen molar-refractivity contribution in [2.75, 3.05) is 119 Å². The minimum Gasteiger partial charge on any atom is -0.369 e. The molecule has 5 fully saturated rings. The monoisotopic (exact) mass is 1530 g/mol. The maximum Gasteiger partial charge on any atom is 0.258 e. The van der Waals surface area contributed by atoms with Gasteiger partial charge in [-0.25, -0.2) is 44.4 Å². The zero-order valence-corrected chi connectivity index (χ0v) is 64.3. The maximum absolute atomic E-state index is 12.8. The molecule has 16 aromatic rings. The van der Waals surface area contributed by atoms with E-state index in [4.69, 9.17) is 0 Å². The van der Waals surface area contributed by atoms with Gasteiger partial charge in [-0.15, -0.1) is 44.5 Å². The number of hydrogen-bond acceptors (Lipinski definition) is 28. The molecule has 36 heteroatoms. The molecule has 0 radical (unpaired) electrons. The number of nitrogens with zero attached hydrogens (tertiary/aromatic N) is 30. The van der Waals surface area contributed by atoms with Gasteiger partial charge in [-0.1, -0.05) is 0 Å². The number of nitrogens with one attached hydrogen (secondary N) is 2. The minimum absolute atomic E-state index is 0.111. The molecular weight excluding hydrogens is 1450 g/mol. The second-order valence-corrected chi connectivity index (χ2v) is 30.3. The van der Waals surface area contributed by atoms with E-state index < -0.39 is 0 Å². The Morgan fingerprint density at radius 3 is 1.20 bits per heavy atom. The molecule has 0 bridgehead atoms. The van der Waals surface area contributed by atoms with Crippen molar-refractivity contribution in [2.45, 2.75) is 66.6 Å². The SMILES string of the molecule is Cc1nc2ccc(-c3cc(=O)n4cc(N5CCN(C)CC5)ccc4n3)nn2n1.Cc1nc2ccc(-c3cc(=O)n4cc(N5CCN[C@H](C)C5)ccc4n3)nn2n1.Cc1nc2ccc(-c3cc(=O)n4cc(N5C[C@@H](C)N[C@@H](C)C5)ccc4n3)nn2n1.Cc1nc2ncc(-c3cc(=O)n4cc(N5CC6(CN(C)C6)C5)ccc4n3)cn2n1. The summed E-state index contributed by atoms with van der Waals surface area (Å²) in [6, 6.07) is 33.8. The van der Waals surface area contributed by atoms with Crippen LogP contribution in [0.3, 0.4) is 0 Å². The zero-order valence-electron chi connectivity index (χ0n) is 64.3. The summed E-state index contributed by atoms with van der Waals surface area (Å²) in [5.74, 6) is 3.11. The molecule has 21 rings (SSSR count). The van der Waals surface area contributed by atoms with E-state index in [0.29, 0.717) is 132 Å². The molecule has 0 aromatic carbocycles. The molecule has 1 spiro atoms. The number of likely N-dealkylation sites (N-methyl/N-ethyl adjacent to an activating group) is 1. The molecule has 3 atom stereocenters. The Morgan fingerprint density at radius 1 is 0.360 bits per heavy atom. The quantitative estimate of drug-likeness (QED) is 0.218. The van der Waals surface area contributed by atoms with Crippen LogP contribution in [0.1, 0.15) is 44.1 Å². The number of fused-ring (bicyclic) bond motifs is 8. The minimum atomic E-state index is -0.139. The number of piperazine rings is 3. The first kappa shape index (κ1) is 72.2. The van der Waals surface area contributed by atoms with E-state index in [1.54, 1.807) is 58.8 Å². The van der Waals surface area contributed by atoms with Crippen molar-refractivity contribution >= 4 is 68.1 Å². The lowest BCUT2D eigenvalue weighted by Gasteiger charge is -2.60. The number of rotatable bonds is 8. The van der Waals surface area contributed by atoms with Crippen LogP contribution < -0.4 is 52.5 Å². The lowest BCUT2D eigenvalue weighted by atomic mass is 9.73. The van der Waals surface area contributed by atoms with Gasteiger partial charge in [0, 0.05) is 176 Å². The fourth-order valence-electron chi connectivity index (χ4n) is 15.8. The Bertz CT molecular complexity index is 6670. The average molecular weight is 1530 g/mol. The molecule has 2 N–H and O–H groups in total. The van der Waals surface area contributed by atoms with Crippen LogP contribution in [0.4, 0.5) is 22.7 Å². The summed E-state index contributed by atoms with van der Waals surface area (Å²) in [7, 11) is 4.28. The second kappa shape index (κ2) is 29.1. The largest absolute Gasteiger partial charge is 0.369 e. The summed E-state index contributed by atoms with van der Waals surface area (Å²) in [4.78, 5) is 105. The van der Waals surface area contributed by atoms with E-state index in [-0.39, 0.29) is 22.2 Å². The predicted octanol–water partition coefficient (Wildman–Crippen LogP) is 3.92. The van der Waals surface area contributed by atoms with Gasteiger partial charge in [0.2, 0.25) is 0 Å². The van der Waals surface area contributed by atoms with E-state index in [9.17, 15) is 19.2 Å². The van der Waals surface area contributed by atoms with E-state index in [2.05, 4.69) is 155 Å². The molecule has 0 saturated carbocycles. The van der Waals surface area contributed by atoms with Crippen molar-refractivity contribution in [1.29, 1.82) is 0 Å². The highest BCUT2D eigenvalue weighted by Crippen LogP contribution is 2.41. The van der Waals surface area contributed by atoms with Gasteiger partial charge >= 0.3 is 0 Å². The highest BCUT2D eigenvalue weighted by Gasteiger charge is 2.50. The van der Waals surface area contributed by atoms with Crippen molar-refractivity contribution in [2.24, 2.45) is 5.41 Å². The summed E-state index contributed by atoms with van der Waals surface area (Å²) < 4.78 is 12.4. The van der Waals surface area contributed by atoms with Gasteiger partial charge in [-0.2, -0.15) is 10.1 Å². The van der Waals surface area contributed by atoms with Gasteiger partial charge in [0.15, 0.2) is 16.9 Å². The van der Waals surface area contributed by atoms with Gasteiger partial charge in [0.05, 0.1) is 45.5 Å². The van der Waals surface area contributed by atoms with E-state index in [0.717, 1.165) is 113 Å². The molecule has 0 amide bonds. The number of anilines is 4. The van der Waals surface area contributed by atoms with E-state index >= 15 is 0 Å². The van der Waals surface area contributed by atoms with E-state index in [1.807, 2.05) is 119 Å². The molecule has 578 valence electrons. The van der Waals surface area contributed by atoms with Gasteiger partial charge in [0.1, 0.15) is 63.0 Å². The van der Waals surface area contributed by atoms with Crippen LogP contribution in [-0.2, 0) is 0 Å². The first-order valence-electron chi connectivity index (χ1n) is 37.9. The summed E-state index contributed by atoms with van der Waals surface area (Å²) >= 11 is 0. The smallest absolute Gasteiger partial charge is 0.258 e. The van der Waals surface area contributed by atoms with Crippen LogP contribution in [0.2, 0.25) is 0 Å². The molecule has 5 aliphatic heterocycles. The molecule has 114 heavy (non-hydrogen) atoms. The van der Waals surface area contributed by atoms with Gasteiger partial charge in [0.25, 0.3) is 28.0 Å². The normalized spacial score (nSPS) is 17.9. The Kier molecular flexibility index (Phi) is 18.4. The van der Waals surface area contributed by atoms with Gasteiger partial charge < -0.3 is 40.0 Å². The van der Waals surface area contributed by atoms with Crippen molar-refractivity contribution < 1.29 is 0 Å². The van der Waals surface area contributed by atoms with Crippen LogP contribution in [-0.4, -0.2) is 244 Å². The first-order chi connectivity index (χ1) is 55.1. The molecule has 5 aliphatic rings. The average Bonchev–Trinajstić information content (AvgIpc) is 1.25. The molecule has 5 saturated heterocycles. The van der Waals surface area contributed by atoms with Crippen molar-refractivity contribution in [3.63, 3.8) is 0 Å². The Balaban J connectivity index is 0.000000106. The first-order valence-corrected chi connectivity index (χ1v) is 37.9. The summed E-state index contributed by atoms with van der Waals surface area (Å²) in [6.07, 6.45) is 11.0. The predicted molar refractivity (Wildman–Crippen MR) is 430 cm³/mol. The zero-order chi connectivity index (χ0) is 78.4. The Labute approximate surface area is 649 Å². The van der Waals surface area contributed by atoms with Crippen LogP contribution in [0, 0.1) is 33.1 Å². The Hall–Kier alpha value is -13.3. The third kappa shape index (κ3) is 14.5. The van der Waals surface area contributed by atoms with Gasteiger partial charge in [-0.3, -0.25) is 36.8 Å². The molecule has 21 heterocycles. The summed E-state index contributed by atoms with van der Waals surface area (Å²) in [5.41, 5.74) is 13.0. The van der Waals surface area contributed by atoms with Crippen molar-refractivity contribution in [1.82, 2.24) is 137 Å². The second-order valence-electron chi connectivity index (χ2n) is 30.3. The highest BCUT2D eigenvalue weighted by atomic mass is 16.1. The summed E-state index contributed by atoms with van der Waals surface area (Å²) in [6.45, 7) is 26.6. The van der Waals surface area contributed by atoms with Crippen LogP contribution >= 0.6 is 0 Å². The maximum atomic E-state index is 12.8. The van der Waals surface area contributed by atoms with Gasteiger partial charge in [-0.05, 0) is 147 Å². The van der Waals surface area contributed by atoms with E-state index in [1.165, 1.54) is 32.1 Å². The van der Waals surface area contributed by atoms with Crippen LogP contribution in [0.25, 0.3) is 90.7 Å².